The van der Waals surface area contributed by atoms with E-state index in [0.717, 1.165) is 21.3 Å². The van der Waals surface area contributed by atoms with Gasteiger partial charge in [-0.2, -0.15) is 0 Å². The number of nitro benzene ring substituents is 1. The Morgan fingerprint density at radius 3 is 2.39 bits per heavy atom. The van der Waals surface area contributed by atoms with Gasteiger partial charge in [-0.1, -0.05) is 53.8 Å². The van der Waals surface area contributed by atoms with E-state index in [9.17, 15) is 14.9 Å². The Morgan fingerprint density at radius 1 is 1.06 bits per heavy atom. The SMILES string of the molecule is COc1cc(C(=O)N(Cc2ccccc2)c2nc3c(C)cccc3s2)c([N+](=O)[O-])cc1OC. The number of ether oxygens (including phenoxy) is 2. The molecule has 0 saturated carbocycles. The molecular weight excluding hydrogens is 442 g/mol. The van der Waals surface area contributed by atoms with Crippen LogP contribution in [0.1, 0.15) is 21.5 Å². The van der Waals surface area contributed by atoms with Gasteiger partial charge in [-0.15, -0.1) is 0 Å². The largest absolute Gasteiger partial charge is 0.493 e. The lowest BCUT2D eigenvalue weighted by atomic mass is 10.1. The van der Waals surface area contributed by atoms with Gasteiger partial charge in [0.15, 0.2) is 16.6 Å². The number of hydrogen-bond acceptors (Lipinski definition) is 7. The summed E-state index contributed by atoms with van der Waals surface area (Å²) in [6, 6.07) is 17.8. The Bertz CT molecular complexity index is 1340. The lowest BCUT2D eigenvalue weighted by Gasteiger charge is -2.21. The van der Waals surface area contributed by atoms with E-state index in [1.54, 1.807) is 0 Å². The van der Waals surface area contributed by atoms with Gasteiger partial charge in [-0.25, -0.2) is 4.98 Å². The number of benzene rings is 3. The normalized spacial score (nSPS) is 10.8. The molecule has 0 aliphatic rings. The number of aromatic nitrogens is 1. The fraction of sp³-hybridized carbons (Fsp3) is 0.167. The average molecular weight is 464 g/mol. The van der Waals surface area contributed by atoms with E-state index >= 15 is 0 Å². The third-order valence-corrected chi connectivity index (χ3v) is 6.24. The molecule has 0 bridgehead atoms. The molecule has 1 heterocycles. The third-order valence-electron chi connectivity index (χ3n) is 5.20. The summed E-state index contributed by atoms with van der Waals surface area (Å²) in [4.78, 5) is 31.2. The molecule has 1 amide bonds. The van der Waals surface area contributed by atoms with Gasteiger partial charge in [-0.3, -0.25) is 19.8 Å². The number of aryl methyl sites for hydroxylation is 1. The lowest BCUT2D eigenvalue weighted by molar-refractivity contribution is -0.385. The van der Waals surface area contributed by atoms with Crippen LogP contribution in [-0.2, 0) is 6.54 Å². The predicted molar refractivity (Wildman–Crippen MR) is 128 cm³/mol. The molecule has 0 spiro atoms. The quantitative estimate of drug-likeness (QED) is 0.270. The second kappa shape index (κ2) is 9.25. The summed E-state index contributed by atoms with van der Waals surface area (Å²) in [5.74, 6) is -0.152. The van der Waals surface area contributed by atoms with Gasteiger partial charge in [0.05, 0.1) is 42.0 Å². The highest BCUT2D eigenvalue weighted by atomic mass is 32.1. The van der Waals surface area contributed by atoms with E-state index in [0.29, 0.717) is 5.13 Å². The van der Waals surface area contributed by atoms with Crippen LogP contribution >= 0.6 is 11.3 Å². The molecular formula is C24H21N3O5S. The minimum atomic E-state index is -0.599. The maximum Gasteiger partial charge on any atom is 0.286 e. The molecule has 0 aliphatic heterocycles. The number of thiazole rings is 1. The maximum absolute atomic E-state index is 13.8. The summed E-state index contributed by atoms with van der Waals surface area (Å²) in [6.45, 7) is 2.15. The number of hydrogen-bond donors (Lipinski definition) is 0. The summed E-state index contributed by atoms with van der Waals surface area (Å²) in [7, 11) is 2.80. The predicted octanol–water partition coefficient (Wildman–Crippen LogP) is 5.38. The van der Waals surface area contributed by atoms with Crippen LogP contribution in [0.25, 0.3) is 10.2 Å². The van der Waals surface area contributed by atoms with Crippen molar-refractivity contribution in [2.24, 2.45) is 0 Å². The molecule has 33 heavy (non-hydrogen) atoms. The Hall–Kier alpha value is -3.98. The lowest BCUT2D eigenvalue weighted by Crippen LogP contribution is -2.31. The van der Waals surface area contributed by atoms with E-state index in [1.807, 2.05) is 55.5 Å². The molecule has 0 unspecified atom stereocenters. The first-order valence-electron chi connectivity index (χ1n) is 10.0. The maximum atomic E-state index is 13.8. The molecule has 0 atom stereocenters. The zero-order valence-electron chi connectivity index (χ0n) is 18.3. The number of nitrogens with zero attached hydrogens (tertiary/aromatic N) is 3. The van der Waals surface area contributed by atoms with Crippen molar-refractivity contribution < 1.29 is 19.2 Å². The molecule has 1 aromatic heterocycles. The van der Waals surface area contributed by atoms with Gasteiger partial charge in [0.25, 0.3) is 11.6 Å². The van der Waals surface area contributed by atoms with Crippen LogP contribution in [0.5, 0.6) is 11.5 Å². The molecule has 4 aromatic rings. The first-order chi connectivity index (χ1) is 15.9. The average Bonchev–Trinajstić information content (AvgIpc) is 3.27. The second-order valence-electron chi connectivity index (χ2n) is 7.28. The van der Waals surface area contributed by atoms with Crippen LogP contribution in [0.2, 0.25) is 0 Å². The van der Waals surface area contributed by atoms with Crippen molar-refractivity contribution in [2.75, 3.05) is 19.1 Å². The number of carbonyl (C=O) groups is 1. The number of para-hydroxylation sites is 1. The van der Waals surface area contributed by atoms with Crippen LogP contribution < -0.4 is 14.4 Å². The molecule has 9 heteroatoms. The number of methoxy groups -OCH3 is 2. The standard InChI is InChI=1S/C24H21N3O5S/c1-15-8-7-11-21-22(15)25-24(33-21)26(14-16-9-5-4-6-10-16)23(28)17-12-19(31-2)20(32-3)13-18(17)27(29)30/h4-13H,14H2,1-3H3. The highest BCUT2D eigenvalue weighted by Crippen LogP contribution is 2.37. The summed E-state index contributed by atoms with van der Waals surface area (Å²) >= 11 is 1.36. The summed E-state index contributed by atoms with van der Waals surface area (Å²) in [6.07, 6.45) is 0. The van der Waals surface area contributed by atoms with Gasteiger partial charge >= 0.3 is 0 Å². The molecule has 0 N–H and O–H groups in total. The summed E-state index contributed by atoms with van der Waals surface area (Å²) in [5, 5.41) is 12.3. The molecule has 4 rings (SSSR count). The van der Waals surface area contributed by atoms with Gasteiger partial charge in [0, 0.05) is 6.07 Å². The first-order valence-corrected chi connectivity index (χ1v) is 10.9. The van der Waals surface area contributed by atoms with Crippen molar-refractivity contribution in [1.82, 2.24) is 4.98 Å². The van der Waals surface area contributed by atoms with Crippen molar-refractivity contribution in [3.8, 4) is 11.5 Å². The van der Waals surface area contributed by atoms with Crippen molar-refractivity contribution in [3.05, 3.63) is 87.5 Å². The topological polar surface area (TPSA) is 94.8 Å². The van der Waals surface area contributed by atoms with Gasteiger partial charge < -0.3 is 9.47 Å². The van der Waals surface area contributed by atoms with E-state index < -0.39 is 10.8 Å². The first kappa shape index (κ1) is 22.2. The van der Waals surface area contributed by atoms with E-state index in [1.165, 1.54) is 42.6 Å². The molecule has 8 nitrogen and oxygen atoms in total. The minimum absolute atomic E-state index is 0.107. The second-order valence-corrected chi connectivity index (χ2v) is 8.29. The van der Waals surface area contributed by atoms with Crippen LogP contribution in [0.4, 0.5) is 10.8 Å². The zero-order valence-corrected chi connectivity index (χ0v) is 19.1. The number of anilines is 1. The number of rotatable bonds is 7. The van der Waals surface area contributed by atoms with Crippen molar-refractivity contribution in [1.29, 1.82) is 0 Å². The van der Waals surface area contributed by atoms with Crippen LogP contribution in [0.15, 0.2) is 60.7 Å². The van der Waals surface area contributed by atoms with Gasteiger partial charge in [0.2, 0.25) is 0 Å². The molecule has 168 valence electrons. The number of carbonyl (C=O) groups excluding carboxylic acids is 1. The highest BCUT2D eigenvalue weighted by Gasteiger charge is 2.30. The van der Waals surface area contributed by atoms with Gasteiger partial charge in [-0.05, 0) is 24.1 Å². The summed E-state index contributed by atoms with van der Waals surface area (Å²) < 4.78 is 11.4. The zero-order chi connectivity index (χ0) is 23.5. The van der Waals surface area contributed by atoms with Gasteiger partial charge in [0.1, 0.15) is 5.56 Å². The van der Waals surface area contributed by atoms with Crippen molar-refractivity contribution in [3.63, 3.8) is 0 Å². The number of fused-ring (bicyclic) bond motifs is 1. The smallest absolute Gasteiger partial charge is 0.286 e. The third kappa shape index (κ3) is 4.35. The van der Waals surface area contributed by atoms with E-state index in [4.69, 9.17) is 14.5 Å². The molecule has 0 radical (unpaired) electrons. The fourth-order valence-corrected chi connectivity index (χ4v) is 4.56. The Morgan fingerprint density at radius 2 is 1.76 bits per heavy atom. The number of nitro groups is 1. The number of amides is 1. The van der Waals surface area contributed by atoms with Crippen molar-refractivity contribution >= 4 is 38.3 Å². The molecule has 3 aromatic carbocycles. The Labute approximate surface area is 194 Å². The molecule has 0 aliphatic carbocycles. The Balaban J connectivity index is 1.87. The van der Waals surface area contributed by atoms with E-state index in [2.05, 4.69) is 0 Å². The molecule has 0 saturated heterocycles. The highest BCUT2D eigenvalue weighted by molar-refractivity contribution is 7.22. The van der Waals surface area contributed by atoms with Crippen LogP contribution in [-0.4, -0.2) is 30.0 Å². The van der Waals surface area contributed by atoms with Crippen molar-refractivity contribution in [2.45, 2.75) is 13.5 Å². The van der Waals surface area contributed by atoms with E-state index in [-0.39, 0.29) is 29.3 Å². The van der Waals surface area contributed by atoms with Crippen LogP contribution in [0.3, 0.4) is 0 Å². The minimum Gasteiger partial charge on any atom is -0.493 e. The monoisotopic (exact) mass is 463 g/mol. The van der Waals surface area contributed by atoms with Crippen LogP contribution in [0, 0.1) is 17.0 Å². The summed E-state index contributed by atoms with van der Waals surface area (Å²) in [5.41, 5.74) is 2.17. The Kier molecular flexibility index (Phi) is 6.23. The molecule has 0 fully saturated rings. The fourth-order valence-electron chi connectivity index (χ4n) is 3.52.